The maximum Gasteiger partial charge on any atom is 0.183 e. The fraction of sp³-hybridized carbons (Fsp3) is 0.417. The summed E-state index contributed by atoms with van der Waals surface area (Å²) >= 11 is 6.37. The van der Waals surface area contributed by atoms with Gasteiger partial charge in [0.05, 0.1) is 0 Å². The number of nitrogens with one attached hydrogen (secondary N) is 1. The number of carbonyl (C=O) groups excluding carboxylic acids is 1. The molecule has 0 amide bonds. The highest BCUT2D eigenvalue weighted by atomic mass is 35.5. The Bertz CT molecular complexity index is 344. The molecule has 0 saturated carbocycles. The summed E-state index contributed by atoms with van der Waals surface area (Å²) in [5.41, 5.74) is 0.717. The van der Waals surface area contributed by atoms with E-state index < -0.39 is 4.87 Å². The zero-order valence-corrected chi connectivity index (χ0v) is 9.26. The van der Waals surface area contributed by atoms with E-state index in [0.717, 1.165) is 18.7 Å². The molecule has 0 bridgehead atoms. The van der Waals surface area contributed by atoms with Crippen LogP contribution in [0.4, 0.5) is 0 Å². The van der Waals surface area contributed by atoms with Gasteiger partial charge in [0.25, 0.3) is 0 Å². The summed E-state index contributed by atoms with van der Waals surface area (Å²) < 4.78 is 0. The normalized spacial score (nSPS) is 19.8. The molecule has 1 aliphatic rings. The fourth-order valence-corrected chi connectivity index (χ4v) is 2.20. The van der Waals surface area contributed by atoms with E-state index in [9.17, 15) is 4.79 Å². The number of carbonyl (C=O) groups is 1. The highest BCUT2D eigenvalue weighted by molar-refractivity contribution is 6.38. The maximum atomic E-state index is 12.2. The highest BCUT2D eigenvalue weighted by Crippen LogP contribution is 2.30. The van der Waals surface area contributed by atoms with Crippen LogP contribution in [0.1, 0.15) is 23.2 Å². The molecule has 1 N–H and O–H groups in total. The van der Waals surface area contributed by atoms with Crippen LogP contribution in [0.25, 0.3) is 0 Å². The van der Waals surface area contributed by atoms with Gasteiger partial charge in [-0.15, -0.1) is 11.6 Å². The number of benzene rings is 1. The van der Waals surface area contributed by atoms with Gasteiger partial charge >= 0.3 is 0 Å². The van der Waals surface area contributed by atoms with E-state index >= 15 is 0 Å². The third kappa shape index (κ3) is 2.21. The minimum absolute atomic E-state index is 0.0614. The Morgan fingerprint density at radius 2 is 1.80 bits per heavy atom. The molecular weight excluding hydrogens is 210 g/mol. The zero-order chi connectivity index (χ0) is 10.7. The van der Waals surface area contributed by atoms with Gasteiger partial charge in [0.1, 0.15) is 4.87 Å². The van der Waals surface area contributed by atoms with E-state index in [0.29, 0.717) is 12.8 Å². The largest absolute Gasteiger partial charge is 0.317 e. The molecule has 2 nitrogen and oxygen atoms in total. The van der Waals surface area contributed by atoms with E-state index in [4.69, 9.17) is 11.6 Å². The first-order valence-corrected chi connectivity index (χ1v) is 5.60. The van der Waals surface area contributed by atoms with Crippen molar-refractivity contribution in [2.45, 2.75) is 17.7 Å². The average molecular weight is 224 g/mol. The number of piperidine rings is 1. The molecule has 2 rings (SSSR count). The van der Waals surface area contributed by atoms with Gasteiger partial charge in [-0.3, -0.25) is 4.79 Å². The van der Waals surface area contributed by atoms with Gasteiger partial charge < -0.3 is 5.32 Å². The van der Waals surface area contributed by atoms with Crippen LogP contribution in [0.15, 0.2) is 30.3 Å². The molecule has 1 saturated heterocycles. The quantitative estimate of drug-likeness (QED) is 0.616. The van der Waals surface area contributed by atoms with Gasteiger partial charge in [0.15, 0.2) is 5.78 Å². The average Bonchev–Trinajstić information content (AvgIpc) is 2.30. The Morgan fingerprint density at radius 1 is 1.20 bits per heavy atom. The molecule has 1 aromatic carbocycles. The fourth-order valence-electron chi connectivity index (χ4n) is 1.90. The first-order chi connectivity index (χ1) is 7.22. The smallest absolute Gasteiger partial charge is 0.183 e. The first-order valence-electron chi connectivity index (χ1n) is 5.22. The van der Waals surface area contributed by atoms with Crippen molar-refractivity contribution in [1.29, 1.82) is 0 Å². The van der Waals surface area contributed by atoms with Crippen LogP contribution in [-0.2, 0) is 0 Å². The molecule has 1 fully saturated rings. The number of halogens is 1. The van der Waals surface area contributed by atoms with Gasteiger partial charge in [-0.2, -0.15) is 0 Å². The zero-order valence-electron chi connectivity index (χ0n) is 8.50. The Balaban J connectivity index is 2.20. The van der Waals surface area contributed by atoms with Crippen LogP contribution in [-0.4, -0.2) is 23.7 Å². The highest BCUT2D eigenvalue weighted by Gasteiger charge is 2.37. The van der Waals surface area contributed by atoms with Crippen molar-refractivity contribution >= 4 is 17.4 Å². The van der Waals surface area contributed by atoms with E-state index in [1.807, 2.05) is 30.3 Å². The Morgan fingerprint density at radius 3 is 2.40 bits per heavy atom. The van der Waals surface area contributed by atoms with E-state index in [1.54, 1.807) is 0 Å². The van der Waals surface area contributed by atoms with Crippen LogP contribution >= 0.6 is 11.6 Å². The van der Waals surface area contributed by atoms with Crippen molar-refractivity contribution in [2.75, 3.05) is 13.1 Å². The van der Waals surface area contributed by atoms with E-state index in [2.05, 4.69) is 5.32 Å². The van der Waals surface area contributed by atoms with Crippen molar-refractivity contribution in [3.8, 4) is 0 Å². The molecule has 80 valence electrons. The Labute approximate surface area is 94.6 Å². The molecule has 0 aromatic heterocycles. The summed E-state index contributed by atoms with van der Waals surface area (Å²) in [7, 11) is 0. The van der Waals surface area contributed by atoms with Crippen molar-refractivity contribution in [3.63, 3.8) is 0 Å². The van der Waals surface area contributed by atoms with E-state index in [1.165, 1.54) is 0 Å². The second-order valence-electron chi connectivity index (χ2n) is 3.91. The summed E-state index contributed by atoms with van der Waals surface area (Å²) in [6.07, 6.45) is 1.42. The first kappa shape index (κ1) is 10.7. The number of alkyl halides is 1. The lowest BCUT2D eigenvalue weighted by molar-refractivity contribution is 0.0918. The van der Waals surface area contributed by atoms with Crippen molar-refractivity contribution in [1.82, 2.24) is 5.32 Å². The van der Waals surface area contributed by atoms with Crippen molar-refractivity contribution < 1.29 is 4.79 Å². The number of hydrogen-bond acceptors (Lipinski definition) is 2. The van der Waals surface area contributed by atoms with Crippen molar-refractivity contribution in [3.05, 3.63) is 35.9 Å². The molecule has 3 heteroatoms. The molecule has 15 heavy (non-hydrogen) atoms. The summed E-state index contributed by atoms with van der Waals surface area (Å²) in [5, 5.41) is 3.21. The third-order valence-corrected chi connectivity index (χ3v) is 3.39. The predicted octanol–water partition coefficient (Wildman–Crippen LogP) is 2.23. The summed E-state index contributed by atoms with van der Waals surface area (Å²) in [6.45, 7) is 1.64. The van der Waals surface area contributed by atoms with Crippen LogP contribution in [0, 0.1) is 0 Å². The number of rotatable bonds is 2. The molecule has 1 heterocycles. The molecule has 1 aliphatic heterocycles. The molecule has 0 atom stereocenters. The van der Waals surface area contributed by atoms with Crippen LogP contribution in [0.5, 0.6) is 0 Å². The lowest BCUT2D eigenvalue weighted by atomic mass is 9.88. The SMILES string of the molecule is O=C(c1ccccc1)C1(Cl)CCNCC1. The molecule has 0 radical (unpaired) electrons. The summed E-state index contributed by atoms with van der Waals surface area (Å²) in [5.74, 6) is 0.0614. The third-order valence-electron chi connectivity index (χ3n) is 2.84. The molecule has 0 spiro atoms. The second-order valence-corrected chi connectivity index (χ2v) is 4.63. The van der Waals surface area contributed by atoms with Gasteiger partial charge in [-0.1, -0.05) is 30.3 Å². The lowest BCUT2D eigenvalue weighted by Crippen LogP contribution is -2.43. The number of ketones is 1. The standard InChI is InChI=1S/C12H14ClNO/c13-12(6-8-14-9-7-12)11(15)10-4-2-1-3-5-10/h1-5,14H,6-9H2. The van der Waals surface area contributed by atoms with Crippen LogP contribution in [0.2, 0.25) is 0 Å². The molecule has 0 unspecified atom stereocenters. The summed E-state index contributed by atoms with van der Waals surface area (Å²) in [6, 6.07) is 9.30. The minimum Gasteiger partial charge on any atom is -0.317 e. The Hall–Kier alpha value is -0.860. The topological polar surface area (TPSA) is 29.1 Å². The lowest BCUT2D eigenvalue weighted by Gasteiger charge is -2.30. The number of Topliss-reactive ketones (excluding diaryl/α,β-unsaturated/α-hetero) is 1. The Kier molecular flexibility index (Phi) is 3.08. The van der Waals surface area contributed by atoms with Gasteiger partial charge in [-0.25, -0.2) is 0 Å². The van der Waals surface area contributed by atoms with E-state index in [-0.39, 0.29) is 5.78 Å². The van der Waals surface area contributed by atoms with Gasteiger partial charge in [0.2, 0.25) is 0 Å². The van der Waals surface area contributed by atoms with Crippen molar-refractivity contribution in [2.24, 2.45) is 0 Å². The van der Waals surface area contributed by atoms with Crippen LogP contribution < -0.4 is 5.32 Å². The maximum absolute atomic E-state index is 12.2. The minimum atomic E-state index is -0.688. The van der Waals surface area contributed by atoms with Gasteiger partial charge in [-0.05, 0) is 25.9 Å². The monoisotopic (exact) mass is 223 g/mol. The molecule has 1 aromatic rings. The number of hydrogen-bond donors (Lipinski definition) is 1. The molecule has 0 aliphatic carbocycles. The van der Waals surface area contributed by atoms with Gasteiger partial charge in [0, 0.05) is 5.56 Å². The predicted molar refractivity (Wildman–Crippen MR) is 61.5 cm³/mol. The summed E-state index contributed by atoms with van der Waals surface area (Å²) in [4.78, 5) is 11.5. The van der Waals surface area contributed by atoms with Crippen LogP contribution in [0.3, 0.4) is 0 Å². The molecular formula is C12H14ClNO. The second kappa shape index (κ2) is 4.33.